The predicted molar refractivity (Wildman–Crippen MR) is 82.7 cm³/mol. The monoisotopic (exact) mass is 302 g/mol. The van der Waals surface area contributed by atoms with E-state index in [0.717, 1.165) is 10.7 Å². The minimum atomic E-state index is -1.02. The van der Waals surface area contributed by atoms with Crippen molar-refractivity contribution in [2.75, 3.05) is 5.32 Å². The first-order valence-electron chi connectivity index (χ1n) is 6.21. The third-order valence-corrected chi connectivity index (χ3v) is 3.57. The zero-order valence-corrected chi connectivity index (χ0v) is 12.4. The summed E-state index contributed by atoms with van der Waals surface area (Å²) in [7, 11) is 0. The molecular formula is C15H14N2O3S. The second-order valence-electron chi connectivity index (χ2n) is 4.45. The lowest BCUT2D eigenvalue weighted by molar-refractivity contribution is -0.111. The number of amides is 1. The van der Waals surface area contributed by atoms with Gasteiger partial charge in [0.25, 0.3) is 0 Å². The van der Waals surface area contributed by atoms with Crippen LogP contribution in [0.3, 0.4) is 0 Å². The number of rotatable bonds is 4. The largest absolute Gasteiger partial charge is 0.478 e. The van der Waals surface area contributed by atoms with E-state index in [4.69, 9.17) is 5.11 Å². The summed E-state index contributed by atoms with van der Waals surface area (Å²) in [6, 6.07) is 4.77. The molecule has 0 unspecified atom stereocenters. The number of aryl methyl sites for hydroxylation is 2. The number of nitrogens with zero attached hydrogens (tertiary/aromatic N) is 1. The molecule has 0 fully saturated rings. The zero-order chi connectivity index (χ0) is 15.4. The van der Waals surface area contributed by atoms with Gasteiger partial charge in [0.05, 0.1) is 16.3 Å². The van der Waals surface area contributed by atoms with Gasteiger partial charge in [0.15, 0.2) is 0 Å². The SMILES string of the molecule is Cc1nc(C=CC(=O)Nc2ccc(C)c(C(=O)O)c2)cs1. The number of thiazole rings is 1. The van der Waals surface area contributed by atoms with Gasteiger partial charge in [0, 0.05) is 17.1 Å². The number of hydrogen-bond donors (Lipinski definition) is 2. The second kappa shape index (κ2) is 6.32. The van der Waals surface area contributed by atoms with Gasteiger partial charge in [-0.15, -0.1) is 11.3 Å². The van der Waals surface area contributed by atoms with Crippen LogP contribution in [0.5, 0.6) is 0 Å². The van der Waals surface area contributed by atoms with Crippen molar-refractivity contribution in [3.8, 4) is 0 Å². The maximum absolute atomic E-state index is 11.8. The van der Waals surface area contributed by atoms with E-state index in [1.807, 2.05) is 12.3 Å². The van der Waals surface area contributed by atoms with Gasteiger partial charge in [0.1, 0.15) is 0 Å². The fourth-order valence-electron chi connectivity index (χ4n) is 1.73. The summed E-state index contributed by atoms with van der Waals surface area (Å²) >= 11 is 1.51. The highest BCUT2D eigenvalue weighted by molar-refractivity contribution is 7.09. The molecule has 1 aromatic heterocycles. The van der Waals surface area contributed by atoms with E-state index >= 15 is 0 Å². The van der Waals surface area contributed by atoms with Crippen molar-refractivity contribution in [2.24, 2.45) is 0 Å². The van der Waals surface area contributed by atoms with E-state index in [-0.39, 0.29) is 11.5 Å². The Kier molecular flexibility index (Phi) is 4.49. The minimum Gasteiger partial charge on any atom is -0.478 e. The van der Waals surface area contributed by atoms with Gasteiger partial charge in [-0.3, -0.25) is 4.79 Å². The lowest BCUT2D eigenvalue weighted by Crippen LogP contribution is -2.09. The molecule has 5 nitrogen and oxygen atoms in total. The Hall–Kier alpha value is -2.47. The molecule has 2 N–H and O–H groups in total. The van der Waals surface area contributed by atoms with E-state index in [9.17, 15) is 9.59 Å². The maximum Gasteiger partial charge on any atom is 0.336 e. The van der Waals surface area contributed by atoms with Crippen molar-refractivity contribution in [3.05, 3.63) is 51.5 Å². The van der Waals surface area contributed by atoms with Crippen LogP contribution in [0.25, 0.3) is 6.08 Å². The smallest absolute Gasteiger partial charge is 0.336 e. The fraction of sp³-hybridized carbons (Fsp3) is 0.133. The average molecular weight is 302 g/mol. The van der Waals surface area contributed by atoms with Gasteiger partial charge < -0.3 is 10.4 Å². The molecule has 0 bridgehead atoms. The quantitative estimate of drug-likeness (QED) is 0.850. The molecule has 21 heavy (non-hydrogen) atoms. The van der Waals surface area contributed by atoms with Crippen molar-refractivity contribution < 1.29 is 14.7 Å². The minimum absolute atomic E-state index is 0.173. The molecule has 0 aliphatic rings. The molecule has 0 atom stereocenters. The third kappa shape index (κ3) is 4.00. The second-order valence-corrected chi connectivity index (χ2v) is 5.51. The molecule has 0 aliphatic carbocycles. The molecule has 0 aliphatic heterocycles. The first-order valence-corrected chi connectivity index (χ1v) is 7.09. The number of carbonyl (C=O) groups is 2. The Morgan fingerprint density at radius 3 is 2.71 bits per heavy atom. The Labute approximate surface area is 126 Å². The molecule has 1 aromatic carbocycles. The van der Waals surface area contributed by atoms with Crippen LogP contribution < -0.4 is 5.32 Å². The molecule has 0 saturated heterocycles. The normalized spacial score (nSPS) is 10.8. The highest BCUT2D eigenvalue weighted by Crippen LogP contribution is 2.15. The van der Waals surface area contributed by atoms with Gasteiger partial charge in [-0.1, -0.05) is 6.07 Å². The molecule has 0 saturated carbocycles. The number of anilines is 1. The number of nitrogens with one attached hydrogen (secondary N) is 1. The van der Waals surface area contributed by atoms with Crippen LogP contribution in [-0.2, 0) is 4.79 Å². The van der Waals surface area contributed by atoms with Crippen LogP contribution >= 0.6 is 11.3 Å². The molecule has 0 radical (unpaired) electrons. The number of hydrogen-bond acceptors (Lipinski definition) is 4. The Balaban J connectivity index is 2.07. The summed E-state index contributed by atoms with van der Waals surface area (Å²) in [5.74, 6) is -1.35. The van der Waals surface area contributed by atoms with Crippen molar-refractivity contribution in [3.63, 3.8) is 0 Å². The first-order chi connectivity index (χ1) is 9.95. The maximum atomic E-state index is 11.8. The molecule has 0 spiro atoms. The third-order valence-electron chi connectivity index (χ3n) is 2.78. The van der Waals surface area contributed by atoms with Crippen LogP contribution in [0.2, 0.25) is 0 Å². The molecule has 2 rings (SSSR count). The number of carboxylic acid groups (broad SMARTS) is 1. The summed E-state index contributed by atoms with van der Waals surface area (Å²) in [6.45, 7) is 3.60. The molecule has 2 aromatic rings. The molecule has 6 heteroatoms. The van der Waals surface area contributed by atoms with Crippen molar-refractivity contribution in [1.29, 1.82) is 0 Å². The van der Waals surface area contributed by atoms with Crippen molar-refractivity contribution in [2.45, 2.75) is 13.8 Å². The lowest BCUT2D eigenvalue weighted by Gasteiger charge is -2.05. The summed E-state index contributed by atoms with van der Waals surface area (Å²) in [5, 5.41) is 14.5. The molecule has 1 heterocycles. The zero-order valence-electron chi connectivity index (χ0n) is 11.6. The van der Waals surface area contributed by atoms with E-state index in [0.29, 0.717) is 11.3 Å². The first kappa shape index (κ1) is 14.9. The standard InChI is InChI=1S/C15H14N2O3S/c1-9-3-4-11(7-13(9)15(19)20)17-14(18)6-5-12-8-21-10(2)16-12/h3-8H,1-2H3,(H,17,18)(H,19,20). The van der Waals surface area contributed by atoms with E-state index in [2.05, 4.69) is 10.3 Å². The van der Waals surface area contributed by atoms with E-state index < -0.39 is 5.97 Å². The van der Waals surface area contributed by atoms with Gasteiger partial charge in [-0.2, -0.15) is 0 Å². The lowest BCUT2D eigenvalue weighted by atomic mass is 10.1. The number of carboxylic acids is 1. The molecule has 108 valence electrons. The Morgan fingerprint density at radius 1 is 1.33 bits per heavy atom. The summed E-state index contributed by atoms with van der Waals surface area (Å²) in [5.41, 5.74) is 1.99. The van der Waals surface area contributed by atoms with Crippen LogP contribution in [0, 0.1) is 13.8 Å². The molecule has 1 amide bonds. The highest BCUT2D eigenvalue weighted by Gasteiger charge is 2.08. The van der Waals surface area contributed by atoms with E-state index in [1.165, 1.54) is 23.5 Å². The number of aromatic nitrogens is 1. The fourth-order valence-corrected chi connectivity index (χ4v) is 2.31. The summed E-state index contributed by atoms with van der Waals surface area (Å²) < 4.78 is 0. The van der Waals surface area contributed by atoms with Crippen molar-refractivity contribution in [1.82, 2.24) is 4.98 Å². The van der Waals surface area contributed by atoms with Crippen LogP contribution in [0.1, 0.15) is 26.6 Å². The number of aromatic carboxylic acids is 1. The van der Waals surface area contributed by atoms with Crippen LogP contribution in [-0.4, -0.2) is 22.0 Å². The Bertz CT molecular complexity index is 719. The van der Waals surface area contributed by atoms with Gasteiger partial charge in [0.2, 0.25) is 5.91 Å². The number of carbonyl (C=O) groups excluding carboxylic acids is 1. The summed E-state index contributed by atoms with van der Waals surface area (Å²) in [6.07, 6.45) is 2.99. The highest BCUT2D eigenvalue weighted by atomic mass is 32.1. The number of benzene rings is 1. The van der Waals surface area contributed by atoms with Gasteiger partial charge >= 0.3 is 5.97 Å². The van der Waals surface area contributed by atoms with Crippen LogP contribution in [0.15, 0.2) is 29.7 Å². The average Bonchev–Trinajstić information content (AvgIpc) is 2.84. The molecular weight excluding hydrogens is 288 g/mol. The van der Waals surface area contributed by atoms with Crippen molar-refractivity contribution >= 4 is 35.0 Å². The van der Waals surface area contributed by atoms with Gasteiger partial charge in [-0.05, 0) is 37.6 Å². The van der Waals surface area contributed by atoms with Crippen LogP contribution in [0.4, 0.5) is 5.69 Å². The predicted octanol–water partition coefficient (Wildman–Crippen LogP) is 3.11. The van der Waals surface area contributed by atoms with E-state index in [1.54, 1.807) is 25.1 Å². The Morgan fingerprint density at radius 2 is 2.10 bits per heavy atom. The van der Waals surface area contributed by atoms with Gasteiger partial charge in [-0.25, -0.2) is 9.78 Å². The summed E-state index contributed by atoms with van der Waals surface area (Å²) in [4.78, 5) is 27.0. The topological polar surface area (TPSA) is 79.3 Å².